The van der Waals surface area contributed by atoms with Gasteiger partial charge in [0.05, 0.1) is 12.1 Å². The van der Waals surface area contributed by atoms with Crippen molar-refractivity contribution in [1.29, 1.82) is 0 Å². The number of likely N-dealkylation sites (N-methyl/N-ethyl adjacent to an activating group) is 1. The van der Waals surface area contributed by atoms with Crippen molar-refractivity contribution in [1.82, 2.24) is 9.80 Å². The molecule has 2 fully saturated rings. The van der Waals surface area contributed by atoms with Crippen molar-refractivity contribution >= 4 is 23.4 Å². The largest absolute Gasteiger partial charge is 0.492 e. The fourth-order valence-corrected chi connectivity index (χ4v) is 3.81. The molecule has 1 spiro atoms. The van der Waals surface area contributed by atoms with E-state index in [0.717, 1.165) is 25.7 Å². The molecule has 0 N–H and O–H groups in total. The van der Waals surface area contributed by atoms with Gasteiger partial charge in [-0.3, -0.25) is 19.4 Å². The van der Waals surface area contributed by atoms with Crippen molar-refractivity contribution in [2.24, 2.45) is 5.41 Å². The van der Waals surface area contributed by atoms with E-state index in [0.29, 0.717) is 37.0 Å². The summed E-state index contributed by atoms with van der Waals surface area (Å²) in [7, 11) is 1.89. The van der Waals surface area contributed by atoms with Crippen molar-refractivity contribution < 1.29 is 14.3 Å². The Bertz CT molecular complexity index is 628. The van der Waals surface area contributed by atoms with Crippen LogP contribution in [0, 0.1) is 5.41 Å². The fraction of sp³-hybridized carbons (Fsp3) is 0.556. The first-order valence-electron chi connectivity index (χ1n) is 8.42. The third-order valence-electron chi connectivity index (χ3n) is 4.97. The third kappa shape index (κ3) is 3.57. The highest BCUT2D eigenvalue weighted by Crippen LogP contribution is 2.46. The van der Waals surface area contributed by atoms with Gasteiger partial charge in [0.25, 0.3) is 0 Å². The molecule has 1 heterocycles. The molecule has 3 rings (SSSR count). The van der Waals surface area contributed by atoms with Gasteiger partial charge < -0.3 is 4.74 Å². The second kappa shape index (κ2) is 7.11. The van der Waals surface area contributed by atoms with Crippen molar-refractivity contribution in [3.05, 3.63) is 29.3 Å². The molecule has 0 radical (unpaired) electrons. The van der Waals surface area contributed by atoms with Crippen LogP contribution in [0.25, 0.3) is 0 Å². The molecule has 2 aliphatic rings. The second-order valence-corrected chi connectivity index (χ2v) is 7.25. The summed E-state index contributed by atoms with van der Waals surface area (Å²) in [6, 6.07) is 7.25. The highest BCUT2D eigenvalue weighted by atomic mass is 35.5. The zero-order valence-electron chi connectivity index (χ0n) is 14.0. The topological polar surface area (TPSA) is 49.9 Å². The molecule has 130 valence electrons. The van der Waals surface area contributed by atoms with Crippen molar-refractivity contribution in [3.63, 3.8) is 0 Å². The monoisotopic (exact) mass is 350 g/mol. The number of benzene rings is 1. The Morgan fingerprint density at radius 3 is 2.75 bits per heavy atom. The lowest BCUT2D eigenvalue weighted by Gasteiger charge is -2.25. The molecule has 1 saturated carbocycles. The van der Waals surface area contributed by atoms with Gasteiger partial charge >= 0.3 is 0 Å². The molecule has 0 bridgehead atoms. The molecular formula is C18H23ClN2O3. The number of hydrogen-bond donors (Lipinski definition) is 0. The standard InChI is InChI=1S/C18H23ClN2O3/c1-20(9-10-24-15-6-4-5-14(19)11-15)13-21-16(22)12-18(17(21)23)7-2-3-8-18/h4-6,11H,2-3,7-10,12-13H2,1H3. The summed E-state index contributed by atoms with van der Waals surface area (Å²) in [5.74, 6) is 0.700. The quantitative estimate of drug-likeness (QED) is 0.740. The minimum Gasteiger partial charge on any atom is -0.492 e. The molecule has 1 aromatic carbocycles. The number of amides is 2. The fourth-order valence-electron chi connectivity index (χ4n) is 3.63. The molecule has 2 amide bonds. The Balaban J connectivity index is 1.49. The Kier molecular flexibility index (Phi) is 5.11. The van der Waals surface area contributed by atoms with Gasteiger partial charge in [-0.2, -0.15) is 0 Å². The van der Waals surface area contributed by atoms with Gasteiger partial charge in [-0.1, -0.05) is 30.5 Å². The van der Waals surface area contributed by atoms with E-state index >= 15 is 0 Å². The van der Waals surface area contributed by atoms with Crippen LogP contribution >= 0.6 is 11.6 Å². The molecule has 0 unspecified atom stereocenters. The number of carbonyl (C=O) groups is 2. The van der Waals surface area contributed by atoms with Crippen LogP contribution in [0.15, 0.2) is 24.3 Å². The zero-order chi connectivity index (χ0) is 17.2. The number of imide groups is 1. The molecule has 6 heteroatoms. The summed E-state index contributed by atoms with van der Waals surface area (Å²) in [6.07, 6.45) is 4.20. The van der Waals surface area contributed by atoms with Crippen molar-refractivity contribution in [2.45, 2.75) is 32.1 Å². The minimum atomic E-state index is -0.394. The van der Waals surface area contributed by atoms with Crippen molar-refractivity contribution in [3.8, 4) is 5.75 Å². The van der Waals surface area contributed by atoms with E-state index in [4.69, 9.17) is 16.3 Å². The molecule has 0 atom stereocenters. The van der Waals surface area contributed by atoms with E-state index < -0.39 is 5.41 Å². The lowest BCUT2D eigenvalue weighted by Crippen LogP contribution is -2.42. The van der Waals surface area contributed by atoms with Gasteiger partial charge in [-0.15, -0.1) is 0 Å². The average Bonchev–Trinajstić information content (AvgIpc) is 3.09. The first kappa shape index (κ1) is 17.2. The molecule has 0 aromatic heterocycles. The predicted molar refractivity (Wildman–Crippen MR) is 91.8 cm³/mol. The van der Waals surface area contributed by atoms with E-state index in [9.17, 15) is 9.59 Å². The van der Waals surface area contributed by atoms with Crippen LogP contribution < -0.4 is 4.74 Å². The molecule has 1 aromatic rings. The van der Waals surface area contributed by atoms with Gasteiger partial charge in [0, 0.05) is 18.0 Å². The third-order valence-corrected chi connectivity index (χ3v) is 5.21. The first-order chi connectivity index (χ1) is 11.5. The Hall–Kier alpha value is -1.59. The van der Waals surface area contributed by atoms with E-state index in [1.54, 1.807) is 12.1 Å². The van der Waals surface area contributed by atoms with Gasteiger partial charge in [-0.25, -0.2) is 0 Å². The van der Waals surface area contributed by atoms with Crippen LogP contribution in [0.4, 0.5) is 0 Å². The summed E-state index contributed by atoms with van der Waals surface area (Å²) < 4.78 is 5.65. The summed E-state index contributed by atoms with van der Waals surface area (Å²) in [4.78, 5) is 28.2. The highest BCUT2D eigenvalue weighted by molar-refractivity contribution is 6.30. The number of likely N-dealkylation sites (tertiary alicyclic amines) is 1. The zero-order valence-corrected chi connectivity index (χ0v) is 14.7. The highest BCUT2D eigenvalue weighted by Gasteiger charge is 2.52. The maximum atomic E-state index is 12.6. The molecule has 5 nitrogen and oxygen atoms in total. The van der Waals surface area contributed by atoms with Crippen LogP contribution in [0.1, 0.15) is 32.1 Å². The van der Waals surface area contributed by atoms with E-state index in [1.807, 2.05) is 24.1 Å². The van der Waals surface area contributed by atoms with Gasteiger partial charge in [0.15, 0.2) is 0 Å². The molecule has 24 heavy (non-hydrogen) atoms. The molecule has 1 saturated heterocycles. The Labute approximate surface area is 147 Å². The SMILES string of the molecule is CN(CCOc1cccc(Cl)c1)CN1C(=O)CC2(CCCC2)C1=O. The predicted octanol–water partition coefficient (Wildman–Crippen LogP) is 2.93. The summed E-state index contributed by atoms with van der Waals surface area (Å²) in [6.45, 7) is 1.42. The van der Waals surface area contributed by atoms with Gasteiger partial charge in [0.2, 0.25) is 11.8 Å². The van der Waals surface area contributed by atoms with Gasteiger partial charge in [0.1, 0.15) is 12.4 Å². The first-order valence-corrected chi connectivity index (χ1v) is 8.80. The molecule has 1 aliphatic carbocycles. The number of halogens is 1. The maximum Gasteiger partial charge on any atom is 0.237 e. The van der Waals surface area contributed by atoms with E-state index in [-0.39, 0.29) is 11.8 Å². The van der Waals surface area contributed by atoms with Crippen LogP contribution in [0.2, 0.25) is 5.02 Å². The Morgan fingerprint density at radius 2 is 2.04 bits per heavy atom. The average molecular weight is 351 g/mol. The molecular weight excluding hydrogens is 328 g/mol. The smallest absolute Gasteiger partial charge is 0.237 e. The van der Waals surface area contributed by atoms with E-state index in [1.165, 1.54) is 4.90 Å². The van der Waals surface area contributed by atoms with Crippen LogP contribution in [-0.4, -0.2) is 48.5 Å². The lowest BCUT2D eigenvalue weighted by atomic mass is 9.85. The van der Waals surface area contributed by atoms with Crippen LogP contribution in [-0.2, 0) is 9.59 Å². The normalized spacial score (nSPS) is 19.7. The van der Waals surface area contributed by atoms with Gasteiger partial charge in [-0.05, 0) is 38.1 Å². The summed E-state index contributed by atoms with van der Waals surface area (Å²) in [5, 5.41) is 0.635. The van der Waals surface area contributed by atoms with Crippen LogP contribution in [0.3, 0.4) is 0 Å². The number of ether oxygens (including phenoxy) is 1. The molecule has 1 aliphatic heterocycles. The second-order valence-electron chi connectivity index (χ2n) is 6.82. The van der Waals surface area contributed by atoms with E-state index in [2.05, 4.69) is 0 Å². The maximum absolute atomic E-state index is 12.6. The number of carbonyl (C=O) groups excluding carboxylic acids is 2. The minimum absolute atomic E-state index is 0.0209. The number of rotatable bonds is 6. The van der Waals surface area contributed by atoms with Crippen LogP contribution in [0.5, 0.6) is 5.75 Å². The number of nitrogens with zero attached hydrogens (tertiary/aromatic N) is 2. The summed E-state index contributed by atoms with van der Waals surface area (Å²) >= 11 is 5.92. The Morgan fingerprint density at radius 1 is 1.29 bits per heavy atom. The number of hydrogen-bond acceptors (Lipinski definition) is 4. The summed E-state index contributed by atoms with van der Waals surface area (Å²) in [5.41, 5.74) is -0.394. The lowest BCUT2D eigenvalue weighted by molar-refractivity contribution is -0.143. The van der Waals surface area contributed by atoms with Crippen molar-refractivity contribution in [2.75, 3.05) is 26.9 Å².